The number of hydrogen-bond acceptors (Lipinski definition) is 1. The number of piperidine rings is 1. The minimum absolute atomic E-state index is 0.120. The van der Waals surface area contributed by atoms with E-state index >= 15 is 0 Å². The Balaban J connectivity index is 1.71. The van der Waals surface area contributed by atoms with E-state index in [-0.39, 0.29) is 5.91 Å². The molecule has 3 rings (SSSR count). The molecule has 2 N–H and O–H groups in total. The van der Waals surface area contributed by atoms with Crippen LogP contribution in [-0.2, 0) is 4.79 Å². The van der Waals surface area contributed by atoms with E-state index in [1.54, 1.807) is 0 Å². The summed E-state index contributed by atoms with van der Waals surface area (Å²) in [6.45, 7) is 3.94. The largest absolute Gasteiger partial charge is 0.325 e. The fourth-order valence-electron chi connectivity index (χ4n) is 3.25. The molecule has 1 fully saturated rings. The maximum atomic E-state index is 12.3. The van der Waals surface area contributed by atoms with Crippen LogP contribution in [-0.4, -0.2) is 25.0 Å². The molecular weight excluding hydrogens is 260 g/mol. The lowest BCUT2D eigenvalue weighted by molar-refractivity contribution is -0.920. The van der Waals surface area contributed by atoms with Crippen molar-refractivity contribution >= 4 is 22.4 Å². The molecule has 0 aromatic heterocycles. The van der Waals surface area contributed by atoms with Gasteiger partial charge in [0.25, 0.3) is 5.91 Å². The van der Waals surface area contributed by atoms with Gasteiger partial charge in [-0.25, -0.2) is 0 Å². The van der Waals surface area contributed by atoms with Crippen LogP contribution in [0.15, 0.2) is 42.5 Å². The summed E-state index contributed by atoms with van der Waals surface area (Å²) in [6.07, 6.45) is 3.77. The van der Waals surface area contributed by atoms with Crippen molar-refractivity contribution < 1.29 is 9.69 Å². The van der Waals surface area contributed by atoms with Crippen molar-refractivity contribution in [3.8, 4) is 0 Å². The van der Waals surface area contributed by atoms with E-state index in [4.69, 9.17) is 0 Å². The second-order valence-corrected chi connectivity index (χ2v) is 6.06. The Kier molecular flexibility index (Phi) is 4.20. The minimum atomic E-state index is 0.120. The van der Waals surface area contributed by atoms with Gasteiger partial charge in [0, 0.05) is 11.1 Å². The number of rotatable bonds is 3. The average molecular weight is 283 g/mol. The first kappa shape index (κ1) is 14.1. The normalized spacial score (nSPS) is 22.1. The van der Waals surface area contributed by atoms with E-state index in [0.29, 0.717) is 12.6 Å². The van der Waals surface area contributed by atoms with Gasteiger partial charge in [-0.05, 0) is 37.6 Å². The Morgan fingerprint density at radius 1 is 1.19 bits per heavy atom. The summed E-state index contributed by atoms with van der Waals surface area (Å²) >= 11 is 0. The molecule has 1 aliphatic rings. The Morgan fingerprint density at radius 2 is 2.00 bits per heavy atom. The molecule has 110 valence electrons. The number of nitrogens with one attached hydrogen (secondary N) is 2. The maximum absolute atomic E-state index is 12.3. The molecule has 0 saturated carbocycles. The molecule has 0 bridgehead atoms. The van der Waals surface area contributed by atoms with Crippen molar-refractivity contribution in [1.29, 1.82) is 0 Å². The molecule has 1 aliphatic heterocycles. The first-order valence-corrected chi connectivity index (χ1v) is 7.86. The Morgan fingerprint density at radius 3 is 2.86 bits per heavy atom. The average Bonchev–Trinajstić information content (AvgIpc) is 2.50. The number of amides is 1. The van der Waals surface area contributed by atoms with Gasteiger partial charge >= 0.3 is 0 Å². The Labute approximate surface area is 125 Å². The summed E-state index contributed by atoms with van der Waals surface area (Å²) in [5.41, 5.74) is 0.919. The molecule has 1 heterocycles. The first-order valence-electron chi connectivity index (χ1n) is 7.86. The predicted octanol–water partition coefficient (Wildman–Crippen LogP) is 2.24. The Hall–Kier alpha value is -1.87. The van der Waals surface area contributed by atoms with Crippen molar-refractivity contribution in [2.75, 3.05) is 18.4 Å². The van der Waals surface area contributed by atoms with Gasteiger partial charge < -0.3 is 10.2 Å². The van der Waals surface area contributed by atoms with Crippen LogP contribution in [0.2, 0.25) is 0 Å². The number of carbonyl (C=O) groups is 1. The second kappa shape index (κ2) is 6.27. The van der Waals surface area contributed by atoms with E-state index in [9.17, 15) is 4.79 Å². The van der Waals surface area contributed by atoms with E-state index in [1.807, 2.05) is 24.3 Å². The minimum Gasteiger partial charge on any atom is -0.325 e. The fraction of sp³-hybridized carbons (Fsp3) is 0.389. The molecule has 0 aliphatic carbocycles. The lowest BCUT2D eigenvalue weighted by Crippen LogP contribution is -3.17. The van der Waals surface area contributed by atoms with Crippen molar-refractivity contribution in [3.63, 3.8) is 0 Å². The summed E-state index contributed by atoms with van der Waals surface area (Å²) < 4.78 is 0. The smallest absolute Gasteiger partial charge is 0.279 e. The third-order valence-electron chi connectivity index (χ3n) is 4.53. The summed E-state index contributed by atoms with van der Waals surface area (Å²) in [7, 11) is 0. The van der Waals surface area contributed by atoms with E-state index < -0.39 is 0 Å². The van der Waals surface area contributed by atoms with Crippen molar-refractivity contribution in [1.82, 2.24) is 0 Å². The zero-order valence-electron chi connectivity index (χ0n) is 12.6. The lowest BCUT2D eigenvalue weighted by Gasteiger charge is -2.29. The van der Waals surface area contributed by atoms with Crippen molar-refractivity contribution in [2.45, 2.75) is 32.2 Å². The van der Waals surface area contributed by atoms with Crippen molar-refractivity contribution in [3.05, 3.63) is 42.5 Å². The van der Waals surface area contributed by atoms with E-state index in [2.05, 4.69) is 30.4 Å². The van der Waals surface area contributed by atoms with Gasteiger partial charge in [-0.15, -0.1) is 0 Å². The highest BCUT2D eigenvalue weighted by atomic mass is 16.2. The van der Waals surface area contributed by atoms with Gasteiger partial charge in [0.15, 0.2) is 6.54 Å². The molecule has 0 spiro atoms. The van der Waals surface area contributed by atoms with Crippen LogP contribution in [0.5, 0.6) is 0 Å². The predicted molar refractivity (Wildman–Crippen MR) is 86.6 cm³/mol. The van der Waals surface area contributed by atoms with Crippen LogP contribution in [0.3, 0.4) is 0 Å². The number of benzene rings is 2. The summed E-state index contributed by atoms with van der Waals surface area (Å²) in [5, 5.41) is 5.36. The number of likely N-dealkylation sites (tertiary alicyclic amines) is 1. The topological polar surface area (TPSA) is 33.5 Å². The molecule has 3 nitrogen and oxygen atoms in total. The molecule has 2 aromatic carbocycles. The molecule has 1 unspecified atom stereocenters. The first-order chi connectivity index (χ1) is 10.2. The van der Waals surface area contributed by atoms with Crippen LogP contribution in [0, 0.1) is 0 Å². The number of quaternary nitrogens is 1. The highest BCUT2D eigenvalue weighted by Crippen LogP contribution is 2.22. The monoisotopic (exact) mass is 283 g/mol. The molecule has 2 aromatic rings. The maximum Gasteiger partial charge on any atom is 0.279 e. The summed E-state index contributed by atoms with van der Waals surface area (Å²) in [5.74, 6) is 0.120. The fourth-order valence-corrected chi connectivity index (χ4v) is 3.25. The highest BCUT2D eigenvalue weighted by Gasteiger charge is 2.24. The van der Waals surface area contributed by atoms with Gasteiger partial charge in [-0.3, -0.25) is 4.79 Å². The van der Waals surface area contributed by atoms with Gasteiger partial charge in [-0.2, -0.15) is 0 Å². The molecular formula is C18H23N2O+. The Bertz CT molecular complexity index is 633. The number of carbonyl (C=O) groups excluding carboxylic acids is 1. The van der Waals surface area contributed by atoms with Gasteiger partial charge in [0.1, 0.15) is 0 Å². The van der Waals surface area contributed by atoms with Gasteiger partial charge in [0.2, 0.25) is 0 Å². The molecule has 1 saturated heterocycles. The van der Waals surface area contributed by atoms with Crippen LogP contribution < -0.4 is 10.2 Å². The zero-order chi connectivity index (χ0) is 14.7. The molecule has 3 heteroatoms. The third-order valence-corrected chi connectivity index (χ3v) is 4.53. The van der Waals surface area contributed by atoms with E-state index in [0.717, 1.165) is 23.0 Å². The summed E-state index contributed by atoms with van der Waals surface area (Å²) in [6, 6.07) is 14.8. The van der Waals surface area contributed by atoms with Crippen molar-refractivity contribution in [2.24, 2.45) is 0 Å². The van der Waals surface area contributed by atoms with Crippen LogP contribution >= 0.6 is 0 Å². The number of hydrogen-bond donors (Lipinski definition) is 2. The highest BCUT2D eigenvalue weighted by molar-refractivity contribution is 6.02. The molecule has 1 amide bonds. The quantitative estimate of drug-likeness (QED) is 0.890. The lowest BCUT2D eigenvalue weighted by atomic mass is 10.0. The van der Waals surface area contributed by atoms with Gasteiger partial charge in [0.05, 0.1) is 12.6 Å². The van der Waals surface area contributed by atoms with E-state index in [1.165, 1.54) is 24.2 Å². The number of anilines is 1. The SMILES string of the molecule is C[C@@H]1CCCC[NH+]1CC(=O)Nc1cccc2ccccc12. The van der Waals surface area contributed by atoms with Crippen LogP contribution in [0.25, 0.3) is 10.8 Å². The molecule has 21 heavy (non-hydrogen) atoms. The third kappa shape index (κ3) is 3.24. The number of fused-ring (bicyclic) bond motifs is 1. The van der Waals surface area contributed by atoms with Crippen LogP contribution in [0.4, 0.5) is 5.69 Å². The zero-order valence-corrected chi connectivity index (χ0v) is 12.6. The molecule has 0 radical (unpaired) electrons. The van der Waals surface area contributed by atoms with Gasteiger partial charge in [-0.1, -0.05) is 36.4 Å². The molecule has 2 atom stereocenters. The second-order valence-electron chi connectivity index (χ2n) is 6.06. The standard InChI is InChI=1S/C18H22N2O/c1-14-7-4-5-12-20(14)13-18(21)19-17-11-6-9-15-8-2-3-10-16(15)17/h2-3,6,8-11,14H,4-5,7,12-13H2,1H3,(H,19,21)/p+1/t14-/m1/s1. The van der Waals surface area contributed by atoms with Crippen LogP contribution in [0.1, 0.15) is 26.2 Å². The summed E-state index contributed by atoms with van der Waals surface area (Å²) in [4.78, 5) is 13.8.